The minimum Gasteiger partial charge on any atom is -0.472 e. The van der Waals surface area contributed by atoms with Crippen molar-refractivity contribution in [2.75, 3.05) is 0 Å². The van der Waals surface area contributed by atoms with Gasteiger partial charge in [-0.2, -0.15) is 0 Å². The normalized spacial score (nSPS) is 8.40. The molecule has 0 spiro atoms. The average molecular weight is 137 g/mol. The van der Waals surface area contributed by atoms with Crippen molar-refractivity contribution in [2.45, 2.75) is 0 Å². The van der Waals surface area contributed by atoms with Gasteiger partial charge in [-0.1, -0.05) is 0 Å². The smallest absolute Gasteiger partial charge is 0.252 e. The molecule has 0 saturated heterocycles. The summed E-state index contributed by atoms with van der Waals surface area (Å²) in [7, 11) is 0. The number of hydrogen-bond acceptors (Lipinski definition) is 2. The van der Waals surface area contributed by atoms with Gasteiger partial charge in [0.05, 0.1) is 11.8 Å². The van der Waals surface area contributed by atoms with Gasteiger partial charge in [-0.05, 0) is 16.7 Å². The lowest BCUT2D eigenvalue weighted by Gasteiger charge is -1.79. The van der Waals surface area contributed by atoms with Crippen LogP contribution >= 0.6 is 0 Å². The molecule has 50 valence electrons. The third-order valence-electron chi connectivity index (χ3n) is 0.904. The quantitative estimate of drug-likeness (QED) is 0.335. The number of carbonyl (C=O) groups is 1. The van der Waals surface area contributed by atoms with Crippen LogP contribution in [-0.4, -0.2) is 5.91 Å². The number of rotatable bonds is 1. The molecule has 0 unspecified atom stereocenters. The van der Waals surface area contributed by atoms with E-state index in [-0.39, 0.29) is 5.56 Å². The maximum atomic E-state index is 10.6. The fraction of sp³-hybridized carbons (Fsp3) is 0. The lowest BCUT2D eigenvalue weighted by molar-refractivity contribution is 0.1000. The molecule has 5 nitrogen and oxygen atoms in total. The number of carbonyl (C=O) groups excluding carboxylic acids is 1. The number of amides is 1. The van der Waals surface area contributed by atoms with E-state index in [1.807, 2.05) is 0 Å². The first-order chi connectivity index (χ1) is 4.84. The Morgan fingerprint density at radius 2 is 2.60 bits per heavy atom. The van der Waals surface area contributed by atoms with Crippen molar-refractivity contribution < 1.29 is 9.21 Å². The Morgan fingerprint density at radius 1 is 1.80 bits per heavy atom. The van der Waals surface area contributed by atoms with Crippen molar-refractivity contribution in [3.63, 3.8) is 0 Å². The molecule has 0 N–H and O–H groups in total. The summed E-state index contributed by atoms with van der Waals surface area (Å²) in [6.45, 7) is 0. The van der Waals surface area contributed by atoms with Gasteiger partial charge in [-0.15, -0.1) is 0 Å². The molecule has 5 heteroatoms. The van der Waals surface area contributed by atoms with Gasteiger partial charge in [0, 0.05) is 4.91 Å². The minimum atomic E-state index is -0.628. The van der Waals surface area contributed by atoms with Crippen molar-refractivity contribution >= 4 is 5.91 Å². The van der Waals surface area contributed by atoms with Crippen molar-refractivity contribution in [3.05, 3.63) is 34.6 Å². The van der Waals surface area contributed by atoms with E-state index in [9.17, 15) is 4.79 Å². The van der Waals surface area contributed by atoms with E-state index in [1.165, 1.54) is 18.6 Å². The highest BCUT2D eigenvalue weighted by Crippen LogP contribution is 2.01. The van der Waals surface area contributed by atoms with Crippen LogP contribution in [-0.2, 0) is 0 Å². The van der Waals surface area contributed by atoms with Gasteiger partial charge < -0.3 is 4.42 Å². The summed E-state index contributed by atoms with van der Waals surface area (Å²) in [6, 6.07) is 1.43. The highest BCUT2D eigenvalue weighted by Gasteiger charge is 2.01. The monoisotopic (exact) mass is 137 g/mol. The molecular weight excluding hydrogens is 134 g/mol. The maximum absolute atomic E-state index is 10.6. The minimum absolute atomic E-state index is 0.262. The molecule has 1 aromatic rings. The molecule has 0 atom stereocenters. The van der Waals surface area contributed by atoms with Crippen LogP contribution in [0.5, 0.6) is 0 Å². The zero-order valence-electron chi connectivity index (χ0n) is 4.89. The standard InChI is InChI=1S/C5H3N3O2/c6-8-7-5(9)4-1-2-10-3-4/h1-3H. The van der Waals surface area contributed by atoms with Crippen molar-refractivity contribution in [1.82, 2.24) is 0 Å². The molecule has 0 aliphatic heterocycles. The molecule has 1 heterocycles. The molecule has 0 aliphatic rings. The largest absolute Gasteiger partial charge is 0.472 e. The Bertz CT molecular complexity index is 271. The van der Waals surface area contributed by atoms with Crippen LogP contribution in [0.15, 0.2) is 28.1 Å². The second kappa shape index (κ2) is 2.70. The van der Waals surface area contributed by atoms with Gasteiger partial charge in [-0.3, -0.25) is 4.79 Å². The first-order valence-electron chi connectivity index (χ1n) is 2.46. The highest BCUT2D eigenvalue weighted by atomic mass is 16.3. The predicted molar refractivity (Wildman–Crippen MR) is 32.2 cm³/mol. The first kappa shape index (κ1) is 6.38. The van der Waals surface area contributed by atoms with E-state index in [0.29, 0.717) is 0 Å². The Hall–Kier alpha value is -1.74. The molecule has 0 saturated carbocycles. The Labute approximate surface area is 55.9 Å². The van der Waals surface area contributed by atoms with Gasteiger partial charge in [0.15, 0.2) is 0 Å². The number of furan rings is 1. The summed E-state index contributed by atoms with van der Waals surface area (Å²) >= 11 is 0. The Balaban J connectivity index is 2.87. The third kappa shape index (κ3) is 1.15. The van der Waals surface area contributed by atoms with Crippen LogP contribution in [0, 0.1) is 0 Å². The summed E-state index contributed by atoms with van der Waals surface area (Å²) in [4.78, 5) is 13.0. The second-order valence-electron chi connectivity index (χ2n) is 1.51. The van der Waals surface area contributed by atoms with Gasteiger partial charge in [0.1, 0.15) is 6.26 Å². The Morgan fingerprint density at radius 3 is 3.10 bits per heavy atom. The first-order valence-corrected chi connectivity index (χ1v) is 2.46. The van der Waals surface area contributed by atoms with Crippen LogP contribution in [0.4, 0.5) is 0 Å². The molecule has 1 amide bonds. The molecule has 0 aromatic carbocycles. The molecule has 0 radical (unpaired) electrons. The fourth-order valence-corrected chi connectivity index (χ4v) is 0.485. The second-order valence-corrected chi connectivity index (χ2v) is 1.51. The van der Waals surface area contributed by atoms with E-state index in [2.05, 4.69) is 14.4 Å². The zero-order chi connectivity index (χ0) is 7.40. The highest BCUT2D eigenvalue weighted by molar-refractivity contribution is 5.94. The summed E-state index contributed by atoms with van der Waals surface area (Å²) in [5, 5.41) is 2.85. The number of nitrogens with zero attached hydrogens (tertiary/aromatic N) is 3. The summed E-state index contributed by atoms with van der Waals surface area (Å²) in [5.41, 5.74) is 8.10. The topological polar surface area (TPSA) is 79.0 Å². The molecule has 0 aliphatic carbocycles. The average Bonchev–Trinajstić information content (AvgIpc) is 2.38. The van der Waals surface area contributed by atoms with Gasteiger partial charge in [0.25, 0.3) is 5.91 Å². The number of hydrogen-bond donors (Lipinski definition) is 0. The third-order valence-corrected chi connectivity index (χ3v) is 0.904. The van der Waals surface area contributed by atoms with E-state index in [4.69, 9.17) is 5.53 Å². The van der Waals surface area contributed by atoms with Crippen LogP contribution in [0.3, 0.4) is 0 Å². The van der Waals surface area contributed by atoms with Crippen molar-refractivity contribution in [3.8, 4) is 0 Å². The Kier molecular flexibility index (Phi) is 1.72. The summed E-state index contributed by atoms with van der Waals surface area (Å²) in [6.07, 6.45) is 2.55. The van der Waals surface area contributed by atoms with Gasteiger partial charge >= 0.3 is 0 Å². The zero-order valence-corrected chi connectivity index (χ0v) is 4.89. The number of azide groups is 1. The molecular formula is C5H3N3O2. The molecule has 1 aromatic heterocycles. The maximum Gasteiger partial charge on any atom is 0.252 e. The van der Waals surface area contributed by atoms with Gasteiger partial charge in [-0.25, -0.2) is 0 Å². The SMILES string of the molecule is [N-]=[N+]=NC(=O)c1ccoc1. The molecule has 10 heavy (non-hydrogen) atoms. The van der Waals surface area contributed by atoms with E-state index < -0.39 is 5.91 Å². The fourth-order valence-electron chi connectivity index (χ4n) is 0.485. The predicted octanol–water partition coefficient (Wildman–Crippen LogP) is 1.73. The van der Waals surface area contributed by atoms with Crippen LogP contribution in [0.1, 0.15) is 10.4 Å². The van der Waals surface area contributed by atoms with Crippen LogP contribution in [0.25, 0.3) is 10.4 Å². The van der Waals surface area contributed by atoms with E-state index >= 15 is 0 Å². The van der Waals surface area contributed by atoms with Crippen molar-refractivity contribution in [1.29, 1.82) is 0 Å². The lowest BCUT2D eigenvalue weighted by Crippen LogP contribution is -1.87. The van der Waals surface area contributed by atoms with E-state index in [0.717, 1.165) is 0 Å². The van der Waals surface area contributed by atoms with Crippen LogP contribution < -0.4 is 0 Å². The molecule has 0 fully saturated rings. The molecule has 1 rings (SSSR count). The van der Waals surface area contributed by atoms with Crippen LogP contribution in [0.2, 0.25) is 0 Å². The van der Waals surface area contributed by atoms with E-state index in [1.54, 1.807) is 0 Å². The summed E-state index contributed by atoms with van der Waals surface area (Å²) in [5.74, 6) is -0.628. The van der Waals surface area contributed by atoms with Crippen molar-refractivity contribution in [2.24, 2.45) is 5.11 Å². The summed E-state index contributed by atoms with van der Waals surface area (Å²) < 4.78 is 4.58. The molecule has 0 bridgehead atoms. The lowest BCUT2D eigenvalue weighted by atomic mass is 10.3. The van der Waals surface area contributed by atoms with Gasteiger partial charge in [0.2, 0.25) is 0 Å².